The first-order valence-electron chi connectivity index (χ1n) is 7.34. The molecule has 4 heteroatoms. The molecular formula is C17H20FNOS. The topological polar surface area (TPSA) is 21.3 Å². The quantitative estimate of drug-likeness (QED) is 0.892. The lowest BCUT2D eigenvalue weighted by molar-refractivity contribution is 0.385. The van der Waals surface area contributed by atoms with E-state index in [4.69, 9.17) is 4.74 Å². The Morgan fingerprint density at radius 1 is 1.33 bits per heavy atom. The number of halogens is 1. The summed E-state index contributed by atoms with van der Waals surface area (Å²) in [4.78, 5) is 2.95. The van der Waals surface area contributed by atoms with Gasteiger partial charge in [0.15, 0.2) is 11.6 Å². The van der Waals surface area contributed by atoms with E-state index in [9.17, 15) is 4.39 Å². The monoisotopic (exact) mass is 305 g/mol. The summed E-state index contributed by atoms with van der Waals surface area (Å²) >= 11 is 1.92. The Hall–Kier alpha value is -1.39. The first-order valence-corrected chi connectivity index (χ1v) is 8.16. The van der Waals surface area contributed by atoms with Gasteiger partial charge in [0.2, 0.25) is 0 Å². The number of ether oxygens (including phenoxy) is 1. The van der Waals surface area contributed by atoms with Crippen LogP contribution in [0.2, 0.25) is 0 Å². The summed E-state index contributed by atoms with van der Waals surface area (Å²) in [6, 6.07) is 7.53. The van der Waals surface area contributed by atoms with Crippen LogP contribution in [0.4, 0.5) is 4.39 Å². The van der Waals surface area contributed by atoms with E-state index >= 15 is 0 Å². The van der Waals surface area contributed by atoms with Crippen LogP contribution in [0.15, 0.2) is 24.3 Å². The van der Waals surface area contributed by atoms with E-state index in [0.29, 0.717) is 5.75 Å². The molecule has 0 bridgehead atoms. The van der Waals surface area contributed by atoms with Crippen molar-refractivity contribution in [3.05, 3.63) is 51.0 Å². The number of methoxy groups -OCH3 is 1. The van der Waals surface area contributed by atoms with Crippen molar-refractivity contribution in [2.75, 3.05) is 7.11 Å². The lowest BCUT2D eigenvalue weighted by Crippen LogP contribution is -2.17. The van der Waals surface area contributed by atoms with Gasteiger partial charge in [-0.25, -0.2) is 4.39 Å². The van der Waals surface area contributed by atoms with Gasteiger partial charge < -0.3 is 10.1 Å². The zero-order chi connectivity index (χ0) is 14.8. The van der Waals surface area contributed by atoms with Gasteiger partial charge in [-0.15, -0.1) is 11.3 Å². The van der Waals surface area contributed by atoms with E-state index < -0.39 is 0 Å². The fourth-order valence-electron chi connectivity index (χ4n) is 2.80. The third-order valence-corrected chi connectivity index (χ3v) is 5.29. The molecular weight excluding hydrogens is 285 g/mol. The third kappa shape index (κ3) is 3.11. The van der Waals surface area contributed by atoms with Crippen molar-refractivity contribution in [1.29, 1.82) is 0 Å². The number of aryl methyl sites for hydroxylation is 2. The van der Waals surface area contributed by atoms with E-state index in [1.807, 2.05) is 17.4 Å². The second-order valence-electron chi connectivity index (χ2n) is 5.51. The highest BCUT2D eigenvalue weighted by Gasteiger charge is 2.15. The van der Waals surface area contributed by atoms with Gasteiger partial charge >= 0.3 is 0 Å². The molecule has 0 aliphatic heterocycles. The summed E-state index contributed by atoms with van der Waals surface area (Å²) in [7, 11) is 1.49. The maximum Gasteiger partial charge on any atom is 0.165 e. The summed E-state index contributed by atoms with van der Waals surface area (Å²) in [5.41, 5.74) is 2.57. The molecule has 1 aromatic heterocycles. The van der Waals surface area contributed by atoms with Crippen molar-refractivity contribution < 1.29 is 9.13 Å². The normalized spacial score (nSPS) is 15.0. The van der Waals surface area contributed by atoms with Crippen LogP contribution in [0.3, 0.4) is 0 Å². The van der Waals surface area contributed by atoms with Crippen molar-refractivity contribution in [2.24, 2.45) is 0 Å². The van der Waals surface area contributed by atoms with Crippen molar-refractivity contribution >= 4 is 11.3 Å². The van der Waals surface area contributed by atoms with Crippen LogP contribution < -0.4 is 10.1 Å². The van der Waals surface area contributed by atoms with Crippen LogP contribution in [0.1, 0.15) is 40.3 Å². The highest BCUT2D eigenvalue weighted by Crippen LogP contribution is 2.31. The average Bonchev–Trinajstić information content (AvgIpc) is 3.06. The molecule has 1 aliphatic carbocycles. The number of hydrogen-bond acceptors (Lipinski definition) is 3. The third-order valence-electron chi connectivity index (χ3n) is 4.06. The standard InChI is InChI=1S/C17H20FNOS/c1-11(12-6-7-15(18)16(9-12)20-2)19-10-14-8-13-4-3-5-17(13)21-14/h6-9,11,19H,3-5,10H2,1-2H3. The second-order valence-corrected chi connectivity index (χ2v) is 6.73. The zero-order valence-corrected chi connectivity index (χ0v) is 13.2. The van der Waals surface area contributed by atoms with Crippen LogP contribution in [0, 0.1) is 5.82 Å². The molecule has 1 heterocycles. The van der Waals surface area contributed by atoms with Gasteiger partial charge in [-0.05, 0) is 55.5 Å². The van der Waals surface area contributed by atoms with Gasteiger partial charge in [-0.2, -0.15) is 0 Å². The number of nitrogens with one attached hydrogen (secondary N) is 1. The molecule has 0 amide bonds. The predicted octanol–water partition coefficient (Wildman–Crippen LogP) is 4.24. The van der Waals surface area contributed by atoms with Gasteiger partial charge in [0, 0.05) is 22.3 Å². The van der Waals surface area contributed by atoms with Crippen LogP contribution in [0.5, 0.6) is 5.75 Å². The maximum atomic E-state index is 13.4. The predicted molar refractivity (Wildman–Crippen MR) is 84.6 cm³/mol. The van der Waals surface area contributed by atoms with E-state index in [-0.39, 0.29) is 11.9 Å². The molecule has 1 N–H and O–H groups in total. The van der Waals surface area contributed by atoms with Gasteiger partial charge in [0.05, 0.1) is 7.11 Å². The number of rotatable bonds is 5. The Bertz CT molecular complexity index is 616. The molecule has 0 radical (unpaired) electrons. The van der Waals surface area contributed by atoms with Crippen LogP contribution in [-0.2, 0) is 19.4 Å². The first-order chi connectivity index (χ1) is 10.2. The molecule has 1 aliphatic rings. The van der Waals surface area contributed by atoms with Gasteiger partial charge in [0.25, 0.3) is 0 Å². The van der Waals surface area contributed by atoms with Crippen molar-refractivity contribution in [3.8, 4) is 5.75 Å². The fraction of sp³-hybridized carbons (Fsp3) is 0.412. The van der Waals surface area contributed by atoms with Crippen LogP contribution >= 0.6 is 11.3 Å². The second kappa shape index (κ2) is 6.16. The van der Waals surface area contributed by atoms with E-state index in [0.717, 1.165) is 12.1 Å². The largest absolute Gasteiger partial charge is 0.494 e. The summed E-state index contributed by atoms with van der Waals surface area (Å²) < 4.78 is 18.5. The number of fused-ring (bicyclic) bond motifs is 1. The van der Waals surface area contributed by atoms with Crippen molar-refractivity contribution in [2.45, 2.75) is 38.8 Å². The molecule has 112 valence electrons. The Morgan fingerprint density at radius 2 is 2.19 bits per heavy atom. The Morgan fingerprint density at radius 3 is 2.95 bits per heavy atom. The van der Waals surface area contributed by atoms with Crippen LogP contribution in [-0.4, -0.2) is 7.11 Å². The molecule has 1 atom stereocenters. The van der Waals surface area contributed by atoms with E-state index in [1.54, 1.807) is 10.9 Å². The highest BCUT2D eigenvalue weighted by atomic mass is 32.1. The molecule has 21 heavy (non-hydrogen) atoms. The number of hydrogen-bond donors (Lipinski definition) is 1. The molecule has 0 spiro atoms. The molecule has 1 aromatic carbocycles. The Balaban J connectivity index is 1.64. The van der Waals surface area contributed by atoms with Crippen molar-refractivity contribution in [1.82, 2.24) is 5.32 Å². The average molecular weight is 305 g/mol. The maximum absolute atomic E-state index is 13.4. The van der Waals surface area contributed by atoms with E-state index in [1.165, 1.54) is 42.9 Å². The minimum Gasteiger partial charge on any atom is -0.494 e. The number of thiophene rings is 1. The summed E-state index contributed by atoms with van der Waals surface area (Å²) in [6.45, 7) is 2.95. The molecule has 3 rings (SSSR count). The lowest BCUT2D eigenvalue weighted by atomic mass is 10.1. The van der Waals surface area contributed by atoms with Gasteiger partial charge in [0.1, 0.15) is 0 Å². The molecule has 2 nitrogen and oxygen atoms in total. The minimum atomic E-state index is -0.317. The number of benzene rings is 1. The minimum absolute atomic E-state index is 0.163. The Labute approximate surface area is 129 Å². The lowest BCUT2D eigenvalue weighted by Gasteiger charge is -2.15. The smallest absolute Gasteiger partial charge is 0.165 e. The molecule has 2 aromatic rings. The fourth-order valence-corrected chi connectivity index (χ4v) is 4.01. The van der Waals surface area contributed by atoms with Crippen molar-refractivity contribution in [3.63, 3.8) is 0 Å². The summed E-state index contributed by atoms with van der Waals surface area (Å²) in [6.07, 6.45) is 3.78. The first kappa shape index (κ1) is 14.5. The van der Waals surface area contributed by atoms with Gasteiger partial charge in [-0.1, -0.05) is 6.07 Å². The molecule has 0 saturated carbocycles. The molecule has 0 fully saturated rings. The van der Waals surface area contributed by atoms with E-state index in [2.05, 4.69) is 18.3 Å². The molecule has 1 unspecified atom stereocenters. The zero-order valence-electron chi connectivity index (χ0n) is 12.4. The molecule has 0 saturated heterocycles. The SMILES string of the molecule is COc1cc(C(C)NCc2cc3c(s2)CCC3)ccc1F. The summed E-state index contributed by atoms with van der Waals surface area (Å²) in [5.74, 6) is -0.0145. The Kier molecular flexibility index (Phi) is 4.27. The van der Waals surface area contributed by atoms with Crippen LogP contribution in [0.25, 0.3) is 0 Å². The summed E-state index contributed by atoms with van der Waals surface area (Å²) in [5, 5.41) is 3.51. The highest BCUT2D eigenvalue weighted by molar-refractivity contribution is 7.12. The van der Waals surface area contributed by atoms with Gasteiger partial charge in [-0.3, -0.25) is 0 Å².